The van der Waals surface area contributed by atoms with Gasteiger partial charge in [0, 0.05) is 18.7 Å². The van der Waals surface area contributed by atoms with Gasteiger partial charge in [-0.3, -0.25) is 0 Å². The summed E-state index contributed by atoms with van der Waals surface area (Å²) in [5.41, 5.74) is 0.0397. The molecule has 1 aliphatic heterocycles. The molecule has 1 aliphatic rings. The minimum Gasteiger partial charge on any atom is -0.407 e. The Hall–Kier alpha value is -1.14. The van der Waals surface area contributed by atoms with Crippen molar-refractivity contribution in [3.05, 3.63) is 5.89 Å². The molecular weight excluding hydrogens is 244 g/mol. The topological polar surface area (TPSA) is 72.2 Å². The number of ether oxygens (including phenoxy) is 1. The van der Waals surface area contributed by atoms with Crippen LogP contribution < -0.4 is 10.6 Å². The lowest BCUT2D eigenvalue weighted by Crippen LogP contribution is -2.35. The molecule has 0 radical (unpaired) electrons. The Kier molecular flexibility index (Phi) is 4.76. The number of hydrogen-bond donors (Lipinski definition) is 2. The van der Waals surface area contributed by atoms with Crippen LogP contribution >= 0.6 is 0 Å². The Balaban J connectivity index is 1.74. The first kappa shape index (κ1) is 14.3. The van der Waals surface area contributed by atoms with Crippen molar-refractivity contribution in [1.29, 1.82) is 0 Å². The standard InChI is InChI=1S/C13H24N4O2/c1-13(2,3)15-9-11-16-17-12(19-11)14-8-10-6-4-5-7-18-10/h10,15H,4-9H2,1-3H3,(H,14,17). The van der Waals surface area contributed by atoms with Gasteiger partial charge in [0.15, 0.2) is 0 Å². The fourth-order valence-corrected chi connectivity index (χ4v) is 1.91. The zero-order valence-electron chi connectivity index (χ0n) is 12.0. The van der Waals surface area contributed by atoms with Crippen LogP contribution in [0.5, 0.6) is 0 Å². The molecule has 0 bridgehead atoms. The normalized spacial score (nSPS) is 20.5. The lowest BCUT2D eigenvalue weighted by Gasteiger charge is -2.22. The van der Waals surface area contributed by atoms with Crippen molar-refractivity contribution in [3.8, 4) is 0 Å². The predicted molar refractivity (Wildman–Crippen MR) is 73.0 cm³/mol. The molecular formula is C13H24N4O2. The summed E-state index contributed by atoms with van der Waals surface area (Å²) < 4.78 is 11.2. The fraction of sp³-hybridized carbons (Fsp3) is 0.846. The first-order chi connectivity index (χ1) is 9.03. The molecule has 1 unspecified atom stereocenters. The van der Waals surface area contributed by atoms with Crippen LogP contribution in [0.15, 0.2) is 4.42 Å². The van der Waals surface area contributed by atoms with Gasteiger partial charge in [-0.25, -0.2) is 0 Å². The number of nitrogens with zero attached hydrogens (tertiary/aromatic N) is 2. The van der Waals surface area contributed by atoms with Gasteiger partial charge >= 0.3 is 6.01 Å². The molecule has 2 heterocycles. The third-order valence-corrected chi connectivity index (χ3v) is 2.99. The maximum Gasteiger partial charge on any atom is 0.315 e. The molecule has 2 N–H and O–H groups in total. The van der Waals surface area contributed by atoms with Crippen LogP contribution in [0.1, 0.15) is 45.9 Å². The molecule has 108 valence electrons. The molecule has 0 aliphatic carbocycles. The van der Waals surface area contributed by atoms with Crippen LogP contribution in [0.4, 0.5) is 6.01 Å². The number of hydrogen-bond acceptors (Lipinski definition) is 6. The van der Waals surface area contributed by atoms with E-state index in [9.17, 15) is 0 Å². The lowest BCUT2D eigenvalue weighted by atomic mass is 10.1. The minimum absolute atomic E-state index is 0.0397. The summed E-state index contributed by atoms with van der Waals surface area (Å²) in [6.07, 6.45) is 3.76. The Morgan fingerprint density at radius 2 is 2.11 bits per heavy atom. The Bertz CT molecular complexity index is 380. The van der Waals surface area contributed by atoms with E-state index in [1.165, 1.54) is 12.8 Å². The van der Waals surface area contributed by atoms with Gasteiger partial charge in [0.05, 0.1) is 12.6 Å². The highest BCUT2D eigenvalue weighted by Gasteiger charge is 2.15. The van der Waals surface area contributed by atoms with Crippen molar-refractivity contribution < 1.29 is 9.15 Å². The SMILES string of the molecule is CC(C)(C)NCc1nnc(NCC2CCCCO2)o1. The van der Waals surface area contributed by atoms with E-state index in [2.05, 4.69) is 41.6 Å². The summed E-state index contributed by atoms with van der Waals surface area (Å²) in [5.74, 6) is 0.599. The largest absolute Gasteiger partial charge is 0.407 e. The average molecular weight is 268 g/mol. The smallest absolute Gasteiger partial charge is 0.315 e. The van der Waals surface area contributed by atoms with Gasteiger partial charge < -0.3 is 19.8 Å². The summed E-state index contributed by atoms with van der Waals surface area (Å²) in [7, 11) is 0. The molecule has 1 saturated heterocycles. The van der Waals surface area contributed by atoms with Crippen LogP contribution in [0.2, 0.25) is 0 Å². The summed E-state index contributed by atoms with van der Waals surface area (Å²) >= 11 is 0. The Labute approximate surface area is 114 Å². The molecule has 1 atom stereocenters. The molecule has 1 aromatic heterocycles. The van der Waals surface area contributed by atoms with Crippen LogP contribution in [0.25, 0.3) is 0 Å². The number of rotatable bonds is 5. The van der Waals surface area contributed by atoms with Gasteiger partial charge in [-0.2, -0.15) is 0 Å². The first-order valence-corrected chi connectivity index (χ1v) is 6.96. The second-order valence-corrected chi connectivity index (χ2v) is 5.97. The molecule has 0 saturated carbocycles. The van der Waals surface area contributed by atoms with E-state index in [1.807, 2.05) is 0 Å². The van der Waals surface area contributed by atoms with Crippen LogP contribution in [0.3, 0.4) is 0 Å². The highest BCUT2D eigenvalue weighted by atomic mass is 16.5. The van der Waals surface area contributed by atoms with E-state index in [0.717, 1.165) is 19.6 Å². The van der Waals surface area contributed by atoms with Gasteiger partial charge in [0.2, 0.25) is 5.89 Å². The van der Waals surface area contributed by atoms with Crippen molar-refractivity contribution in [2.24, 2.45) is 0 Å². The monoisotopic (exact) mass is 268 g/mol. The molecule has 6 nitrogen and oxygen atoms in total. The molecule has 1 aromatic rings. The minimum atomic E-state index is 0.0397. The zero-order valence-corrected chi connectivity index (χ0v) is 12.0. The first-order valence-electron chi connectivity index (χ1n) is 6.96. The van der Waals surface area contributed by atoms with Gasteiger partial charge in [0.25, 0.3) is 0 Å². The fourth-order valence-electron chi connectivity index (χ4n) is 1.91. The van der Waals surface area contributed by atoms with Crippen molar-refractivity contribution in [3.63, 3.8) is 0 Å². The molecule has 6 heteroatoms. The van der Waals surface area contributed by atoms with E-state index in [1.54, 1.807) is 0 Å². The van der Waals surface area contributed by atoms with Gasteiger partial charge in [-0.15, -0.1) is 5.10 Å². The molecule has 0 spiro atoms. The summed E-state index contributed by atoms with van der Waals surface area (Å²) in [5, 5.41) is 14.4. The maximum absolute atomic E-state index is 5.63. The molecule has 19 heavy (non-hydrogen) atoms. The quantitative estimate of drug-likeness (QED) is 0.850. The predicted octanol–water partition coefficient (Wildman–Crippen LogP) is 1.94. The van der Waals surface area contributed by atoms with Crippen molar-refractivity contribution >= 4 is 6.01 Å². The maximum atomic E-state index is 5.63. The van der Waals surface area contributed by atoms with Crippen LogP contribution in [0, 0.1) is 0 Å². The zero-order chi connectivity index (χ0) is 13.7. The average Bonchev–Trinajstić information content (AvgIpc) is 2.82. The molecule has 2 rings (SSSR count). The number of nitrogens with one attached hydrogen (secondary N) is 2. The van der Waals surface area contributed by atoms with Gasteiger partial charge in [-0.05, 0) is 40.0 Å². The summed E-state index contributed by atoms with van der Waals surface area (Å²) in [6, 6.07) is 0.472. The molecule has 0 aromatic carbocycles. The van der Waals surface area contributed by atoms with E-state index in [0.29, 0.717) is 18.5 Å². The second kappa shape index (κ2) is 6.34. The number of anilines is 1. The van der Waals surface area contributed by atoms with Crippen molar-refractivity contribution in [2.75, 3.05) is 18.5 Å². The molecule has 0 amide bonds. The van der Waals surface area contributed by atoms with E-state index in [-0.39, 0.29) is 11.6 Å². The van der Waals surface area contributed by atoms with Crippen LogP contribution in [-0.2, 0) is 11.3 Å². The van der Waals surface area contributed by atoms with Crippen LogP contribution in [-0.4, -0.2) is 35.0 Å². The van der Waals surface area contributed by atoms with E-state index in [4.69, 9.17) is 9.15 Å². The summed E-state index contributed by atoms with van der Waals surface area (Å²) in [6.45, 7) is 8.47. The van der Waals surface area contributed by atoms with Crippen molar-refractivity contribution in [2.45, 2.75) is 58.2 Å². The number of aromatic nitrogens is 2. The highest BCUT2D eigenvalue weighted by Crippen LogP contribution is 2.14. The van der Waals surface area contributed by atoms with Crippen molar-refractivity contribution in [1.82, 2.24) is 15.5 Å². The van der Waals surface area contributed by atoms with Gasteiger partial charge in [0.1, 0.15) is 0 Å². The Morgan fingerprint density at radius 1 is 1.26 bits per heavy atom. The molecule has 1 fully saturated rings. The lowest BCUT2D eigenvalue weighted by molar-refractivity contribution is 0.0244. The third-order valence-electron chi connectivity index (χ3n) is 2.99. The second-order valence-electron chi connectivity index (χ2n) is 5.97. The Morgan fingerprint density at radius 3 is 2.79 bits per heavy atom. The highest BCUT2D eigenvalue weighted by molar-refractivity contribution is 5.17. The van der Waals surface area contributed by atoms with E-state index >= 15 is 0 Å². The van der Waals surface area contributed by atoms with Gasteiger partial charge in [-0.1, -0.05) is 5.10 Å². The third kappa shape index (κ3) is 5.16. The summed E-state index contributed by atoms with van der Waals surface area (Å²) in [4.78, 5) is 0. The van der Waals surface area contributed by atoms with E-state index < -0.39 is 0 Å².